The second-order valence-corrected chi connectivity index (χ2v) is 6.36. The average Bonchev–Trinajstić information content (AvgIpc) is 2.38. The SMILES string of the molecule is CNCc1cc(C)nc(Oc2ccc(C(C)(C)C)cc2)c1. The van der Waals surface area contributed by atoms with Crippen LogP contribution in [0.3, 0.4) is 0 Å². The van der Waals surface area contributed by atoms with Crippen LogP contribution in [0, 0.1) is 6.92 Å². The summed E-state index contributed by atoms with van der Waals surface area (Å²) in [6, 6.07) is 12.3. The molecule has 0 spiro atoms. The van der Waals surface area contributed by atoms with Crippen molar-refractivity contribution in [1.29, 1.82) is 0 Å². The number of rotatable bonds is 4. The number of nitrogens with one attached hydrogen (secondary N) is 1. The highest BCUT2D eigenvalue weighted by molar-refractivity contribution is 5.34. The van der Waals surface area contributed by atoms with Crippen molar-refractivity contribution in [3.8, 4) is 11.6 Å². The van der Waals surface area contributed by atoms with Gasteiger partial charge >= 0.3 is 0 Å². The summed E-state index contributed by atoms with van der Waals surface area (Å²) in [5, 5.41) is 3.14. The van der Waals surface area contributed by atoms with E-state index in [1.807, 2.05) is 32.2 Å². The minimum Gasteiger partial charge on any atom is -0.439 e. The zero-order chi connectivity index (χ0) is 15.5. The van der Waals surface area contributed by atoms with Crippen molar-refractivity contribution >= 4 is 0 Å². The monoisotopic (exact) mass is 284 g/mol. The number of ether oxygens (including phenoxy) is 1. The molecule has 0 bridgehead atoms. The number of aryl methyl sites for hydroxylation is 1. The Balaban J connectivity index is 2.18. The third kappa shape index (κ3) is 4.30. The van der Waals surface area contributed by atoms with E-state index in [1.165, 1.54) is 11.1 Å². The molecule has 1 aromatic carbocycles. The van der Waals surface area contributed by atoms with Crippen molar-refractivity contribution in [2.75, 3.05) is 7.05 Å². The zero-order valence-corrected chi connectivity index (χ0v) is 13.5. The van der Waals surface area contributed by atoms with Crippen molar-refractivity contribution in [1.82, 2.24) is 10.3 Å². The van der Waals surface area contributed by atoms with Gasteiger partial charge in [-0.3, -0.25) is 0 Å². The summed E-state index contributed by atoms with van der Waals surface area (Å²) in [6.07, 6.45) is 0. The van der Waals surface area contributed by atoms with Crippen molar-refractivity contribution in [2.24, 2.45) is 0 Å². The molecule has 2 aromatic rings. The third-order valence-electron chi connectivity index (χ3n) is 3.31. The lowest BCUT2D eigenvalue weighted by Crippen LogP contribution is -2.10. The first kappa shape index (κ1) is 15.5. The number of pyridine rings is 1. The Bertz CT molecular complexity index is 598. The Hall–Kier alpha value is -1.87. The molecule has 3 heteroatoms. The highest BCUT2D eigenvalue weighted by atomic mass is 16.5. The fourth-order valence-corrected chi connectivity index (χ4v) is 2.21. The summed E-state index contributed by atoms with van der Waals surface area (Å²) in [4.78, 5) is 4.43. The molecule has 0 aliphatic rings. The fraction of sp³-hybridized carbons (Fsp3) is 0.389. The van der Waals surface area contributed by atoms with Gasteiger partial charge in [-0.15, -0.1) is 0 Å². The van der Waals surface area contributed by atoms with Crippen LogP contribution in [0.5, 0.6) is 11.6 Å². The van der Waals surface area contributed by atoms with E-state index in [2.05, 4.69) is 49.3 Å². The zero-order valence-electron chi connectivity index (χ0n) is 13.5. The molecule has 0 aliphatic heterocycles. The molecule has 2 rings (SSSR count). The van der Waals surface area contributed by atoms with Crippen molar-refractivity contribution in [3.05, 3.63) is 53.2 Å². The number of nitrogens with zero attached hydrogens (tertiary/aromatic N) is 1. The van der Waals surface area contributed by atoms with Gasteiger partial charge in [-0.1, -0.05) is 32.9 Å². The standard InChI is InChI=1S/C18H24N2O/c1-13-10-14(12-19-5)11-17(20-13)21-16-8-6-15(7-9-16)18(2,3)4/h6-11,19H,12H2,1-5H3. The van der Waals surface area contributed by atoms with E-state index in [1.54, 1.807) is 0 Å². The van der Waals surface area contributed by atoms with Crippen LogP contribution in [0.25, 0.3) is 0 Å². The van der Waals surface area contributed by atoms with Gasteiger partial charge in [0.05, 0.1) is 0 Å². The van der Waals surface area contributed by atoms with Crippen LogP contribution in [-0.2, 0) is 12.0 Å². The summed E-state index contributed by atoms with van der Waals surface area (Å²) in [6.45, 7) is 9.40. The molecule has 0 atom stereocenters. The highest BCUT2D eigenvalue weighted by Crippen LogP contribution is 2.26. The van der Waals surface area contributed by atoms with Gasteiger partial charge < -0.3 is 10.1 Å². The van der Waals surface area contributed by atoms with Crippen LogP contribution in [0.4, 0.5) is 0 Å². The molecule has 1 N–H and O–H groups in total. The van der Waals surface area contributed by atoms with Crippen LogP contribution in [0.2, 0.25) is 0 Å². The Morgan fingerprint density at radius 3 is 2.33 bits per heavy atom. The van der Waals surface area contributed by atoms with Crippen molar-refractivity contribution in [3.63, 3.8) is 0 Å². The van der Waals surface area contributed by atoms with Crippen LogP contribution < -0.4 is 10.1 Å². The van der Waals surface area contributed by atoms with E-state index in [-0.39, 0.29) is 5.41 Å². The summed E-state index contributed by atoms with van der Waals surface area (Å²) in [7, 11) is 1.93. The maximum Gasteiger partial charge on any atom is 0.219 e. The molecule has 3 nitrogen and oxygen atoms in total. The molecule has 0 aliphatic carbocycles. The lowest BCUT2D eigenvalue weighted by atomic mass is 9.87. The Labute approximate surface area is 127 Å². The first-order valence-corrected chi connectivity index (χ1v) is 7.29. The Morgan fingerprint density at radius 2 is 1.76 bits per heavy atom. The summed E-state index contributed by atoms with van der Waals surface area (Å²) in [5.74, 6) is 1.46. The van der Waals surface area contributed by atoms with Gasteiger partial charge in [-0.25, -0.2) is 4.98 Å². The fourth-order valence-electron chi connectivity index (χ4n) is 2.21. The van der Waals surface area contributed by atoms with E-state index in [0.717, 1.165) is 18.0 Å². The largest absolute Gasteiger partial charge is 0.439 e. The van der Waals surface area contributed by atoms with Crippen LogP contribution in [-0.4, -0.2) is 12.0 Å². The predicted molar refractivity (Wildman–Crippen MR) is 87.0 cm³/mol. The van der Waals surface area contributed by atoms with E-state index in [9.17, 15) is 0 Å². The lowest BCUT2D eigenvalue weighted by molar-refractivity contribution is 0.459. The van der Waals surface area contributed by atoms with E-state index in [0.29, 0.717) is 5.88 Å². The molecule has 0 saturated carbocycles. The lowest BCUT2D eigenvalue weighted by Gasteiger charge is -2.19. The molecule has 0 radical (unpaired) electrons. The molecular formula is C18H24N2O. The Morgan fingerprint density at radius 1 is 1.10 bits per heavy atom. The van der Waals surface area contributed by atoms with Gasteiger partial charge in [0.1, 0.15) is 5.75 Å². The van der Waals surface area contributed by atoms with E-state index < -0.39 is 0 Å². The Kier molecular flexibility index (Phi) is 4.63. The molecule has 0 amide bonds. The normalized spacial score (nSPS) is 11.5. The molecule has 0 fully saturated rings. The van der Waals surface area contributed by atoms with Crippen LogP contribution in [0.1, 0.15) is 37.6 Å². The van der Waals surface area contributed by atoms with Gasteiger partial charge in [0.2, 0.25) is 5.88 Å². The first-order chi connectivity index (χ1) is 9.88. The predicted octanol–water partition coefficient (Wildman–Crippen LogP) is 4.20. The first-order valence-electron chi connectivity index (χ1n) is 7.29. The van der Waals surface area contributed by atoms with Gasteiger partial charge in [0.25, 0.3) is 0 Å². The topological polar surface area (TPSA) is 34.2 Å². The molecule has 21 heavy (non-hydrogen) atoms. The average molecular weight is 284 g/mol. The van der Waals surface area contributed by atoms with Crippen LogP contribution >= 0.6 is 0 Å². The molecule has 1 aromatic heterocycles. The van der Waals surface area contributed by atoms with E-state index in [4.69, 9.17) is 4.74 Å². The summed E-state index contributed by atoms with van der Waals surface area (Å²) < 4.78 is 5.87. The van der Waals surface area contributed by atoms with Crippen molar-refractivity contribution < 1.29 is 4.74 Å². The molecule has 0 saturated heterocycles. The third-order valence-corrected chi connectivity index (χ3v) is 3.31. The number of benzene rings is 1. The van der Waals surface area contributed by atoms with Gasteiger partial charge in [0.15, 0.2) is 0 Å². The minimum absolute atomic E-state index is 0.153. The van der Waals surface area contributed by atoms with Gasteiger partial charge in [-0.05, 0) is 48.7 Å². The summed E-state index contributed by atoms with van der Waals surface area (Å²) >= 11 is 0. The second-order valence-electron chi connectivity index (χ2n) is 6.36. The maximum atomic E-state index is 5.87. The van der Waals surface area contributed by atoms with Crippen LogP contribution in [0.15, 0.2) is 36.4 Å². The molecule has 1 heterocycles. The van der Waals surface area contributed by atoms with Gasteiger partial charge in [-0.2, -0.15) is 0 Å². The molecule has 0 unspecified atom stereocenters. The van der Waals surface area contributed by atoms with E-state index >= 15 is 0 Å². The maximum absolute atomic E-state index is 5.87. The number of aromatic nitrogens is 1. The number of hydrogen-bond donors (Lipinski definition) is 1. The number of hydrogen-bond acceptors (Lipinski definition) is 3. The minimum atomic E-state index is 0.153. The van der Waals surface area contributed by atoms with Gasteiger partial charge in [0, 0.05) is 18.3 Å². The van der Waals surface area contributed by atoms with Crippen molar-refractivity contribution in [2.45, 2.75) is 39.7 Å². The molecular weight excluding hydrogens is 260 g/mol. The smallest absolute Gasteiger partial charge is 0.219 e. The summed E-state index contributed by atoms with van der Waals surface area (Å²) in [5.41, 5.74) is 3.58. The highest BCUT2D eigenvalue weighted by Gasteiger charge is 2.13. The second kappa shape index (κ2) is 6.27. The molecule has 112 valence electrons. The quantitative estimate of drug-likeness (QED) is 0.913.